The quantitative estimate of drug-likeness (QED) is 0.564. The third-order valence-electron chi connectivity index (χ3n) is 1.39. The fraction of sp³-hybridized carbons (Fsp3) is 0.545. The van der Waals surface area contributed by atoms with Gasteiger partial charge in [-0.05, 0) is 27.7 Å². The van der Waals surface area contributed by atoms with Gasteiger partial charge in [0, 0.05) is 11.6 Å². The monoisotopic (exact) mass is 242 g/mol. The number of hydrogen-bond acceptors (Lipinski definition) is 4. The molecule has 17 heavy (non-hydrogen) atoms. The maximum Gasteiger partial charge on any atom is 0.330 e. The van der Waals surface area contributed by atoms with Gasteiger partial charge in [0.25, 0.3) is 5.91 Å². The molecule has 6 nitrogen and oxygen atoms in total. The van der Waals surface area contributed by atoms with Crippen LogP contribution >= 0.6 is 0 Å². The van der Waals surface area contributed by atoms with E-state index in [-0.39, 0.29) is 0 Å². The lowest BCUT2D eigenvalue weighted by atomic mass is 10.1. The summed E-state index contributed by atoms with van der Waals surface area (Å²) in [4.78, 5) is 33.3. The molecule has 0 aromatic carbocycles. The standard InChI is InChI=1S/C11H18N2O4/c1-5-6-9(15)17-7-8(14)12-10(16)13-11(2,3)4/h5-6H,7H2,1-4H3,(H2,12,13,14,16). The predicted octanol–water partition coefficient (Wildman–Crippen LogP) is 0.730. The second kappa shape index (κ2) is 6.67. The highest BCUT2D eigenvalue weighted by Crippen LogP contribution is 1.97. The second-order valence-electron chi connectivity index (χ2n) is 4.36. The Bertz CT molecular complexity index is 329. The topological polar surface area (TPSA) is 84.5 Å². The maximum atomic E-state index is 11.2. The second-order valence-corrected chi connectivity index (χ2v) is 4.36. The van der Waals surface area contributed by atoms with E-state index in [1.165, 1.54) is 12.2 Å². The lowest BCUT2D eigenvalue weighted by Crippen LogP contribution is -2.49. The summed E-state index contributed by atoms with van der Waals surface area (Å²) in [6, 6.07) is -0.621. The van der Waals surface area contributed by atoms with Crippen LogP contribution in [-0.4, -0.2) is 30.1 Å². The largest absolute Gasteiger partial charge is 0.452 e. The number of rotatable bonds is 3. The minimum absolute atomic E-state index is 0.439. The molecule has 2 N–H and O–H groups in total. The smallest absolute Gasteiger partial charge is 0.330 e. The minimum atomic E-state index is -0.676. The van der Waals surface area contributed by atoms with Crippen LogP contribution in [0.5, 0.6) is 0 Å². The molecule has 6 heteroatoms. The highest BCUT2D eigenvalue weighted by Gasteiger charge is 2.15. The molecule has 0 unspecified atom stereocenters. The first-order chi connectivity index (χ1) is 7.74. The SMILES string of the molecule is CC=CC(=O)OCC(=O)NC(=O)NC(C)(C)C. The predicted molar refractivity (Wildman–Crippen MR) is 62.2 cm³/mol. The van der Waals surface area contributed by atoms with Crippen LogP contribution in [0.3, 0.4) is 0 Å². The summed E-state index contributed by atoms with van der Waals surface area (Å²) in [7, 11) is 0. The van der Waals surface area contributed by atoms with Crippen molar-refractivity contribution in [1.29, 1.82) is 0 Å². The Balaban J connectivity index is 3.95. The average Bonchev–Trinajstić information content (AvgIpc) is 2.12. The molecule has 0 bridgehead atoms. The number of carbonyl (C=O) groups excluding carboxylic acids is 3. The van der Waals surface area contributed by atoms with Crippen LogP contribution in [-0.2, 0) is 14.3 Å². The number of esters is 1. The van der Waals surface area contributed by atoms with Gasteiger partial charge in [-0.3, -0.25) is 10.1 Å². The van der Waals surface area contributed by atoms with Crippen molar-refractivity contribution in [3.63, 3.8) is 0 Å². The molecule has 0 radical (unpaired) electrons. The Labute approximate surface area is 100 Å². The van der Waals surface area contributed by atoms with Crippen LogP contribution < -0.4 is 10.6 Å². The van der Waals surface area contributed by atoms with Gasteiger partial charge in [0.15, 0.2) is 6.61 Å². The van der Waals surface area contributed by atoms with E-state index >= 15 is 0 Å². The number of hydrogen-bond donors (Lipinski definition) is 2. The molecule has 0 aliphatic rings. The number of nitrogens with one attached hydrogen (secondary N) is 2. The fourth-order valence-electron chi connectivity index (χ4n) is 0.855. The normalized spacial score (nSPS) is 11.1. The molecule has 0 rings (SSSR count). The van der Waals surface area contributed by atoms with E-state index in [9.17, 15) is 14.4 Å². The van der Waals surface area contributed by atoms with Crippen molar-refractivity contribution in [3.8, 4) is 0 Å². The first-order valence-electron chi connectivity index (χ1n) is 5.16. The lowest BCUT2D eigenvalue weighted by Gasteiger charge is -2.20. The fourth-order valence-corrected chi connectivity index (χ4v) is 0.855. The van der Waals surface area contributed by atoms with Crippen LogP contribution in [0.15, 0.2) is 12.2 Å². The summed E-state index contributed by atoms with van der Waals surface area (Å²) in [5.74, 6) is -1.30. The van der Waals surface area contributed by atoms with Crippen molar-refractivity contribution in [2.75, 3.05) is 6.61 Å². The molecule has 0 aliphatic carbocycles. The molecule has 0 saturated heterocycles. The lowest BCUT2D eigenvalue weighted by molar-refractivity contribution is -0.143. The summed E-state index contributed by atoms with van der Waals surface area (Å²) in [6.07, 6.45) is 2.68. The van der Waals surface area contributed by atoms with E-state index in [0.29, 0.717) is 0 Å². The zero-order chi connectivity index (χ0) is 13.5. The van der Waals surface area contributed by atoms with Gasteiger partial charge in [-0.1, -0.05) is 6.08 Å². The first kappa shape index (κ1) is 15.2. The number of ether oxygens (including phenoxy) is 1. The molecule has 96 valence electrons. The molecule has 0 aliphatic heterocycles. The van der Waals surface area contributed by atoms with Crippen LogP contribution in [0.1, 0.15) is 27.7 Å². The Kier molecular flexibility index (Phi) is 5.95. The molecule has 0 saturated carbocycles. The Morgan fingerprint density at radius 1 is 1.24 bits per heavy atom. The van der Waals surface area contributed by atoms with Crippen LogP contribution in [0, 0.1) is 0 Å². The molecule has 0 aromatic heterocycles. The van der Waals surface area contributed by atoms with E-state index in [4.69, 9.17) is 0 Å². The maximum absolute atomic E-state index is 11.2. The molecule has 0 spiro atoms. The van der Waals surface area contributed by atoms with Gasteiger partial charge in [-0.25, -0.2) is 9.59 Å². The molecule has 0 fully saturated rings. The van der Waals surface area contributed by atoms with E-state index in [1.807, 2.05) is 5.32 Å². The molecule has 0 atom stereocenters. The summed E-state index contributed by atoms with van der Waals surface area (Å²) >= 11 is 0. The molecular formula is C11H18N2O4. The van der Waals surface area contributed by atoms with Gasteiger partial charge in [0.05, 0.1) is 0 Å². The van der Waals surface area contributed by atoms with Crippen molar-refractivity contribution in [1.82, 2.24) is 10.6 Å². The van der Waals surface area contributed by atoms with Gasteiger partial charge in [0.2, 0.25) is 0 Å². The van der Waals surface area contributed by atoms with E-state index in [2.05, 4.69) is 10.1 Å². The molecule has 0 aromatic rings. The molecular weight excluding hydrogens is 224 g/mol. The average molecular weight is 242 g/mol. The van der Waals surface area contributed by atoms with Gasteiger partial charge in [-0.15, -0.1) is 0 Å². The highest BCUT2D eigenvalue weighted by atomic mass is 16.5. The van der Waals surface area contributed by atoms with E-state index in [1.54, 1.807) is 27.7 Å². The third-order valence-corrected chi connectivity index (χ3v) is 1.39. The van der Waals surface area contributed by atoms with Crippen molar-refractivity contribution >= 4 is 17.9 Å². The van der Waals surface area contributed by atoms with Crippen molar-refractivity contribution in [2.45, 2.75) is 33.2 Å². The summed E-state index contributed by atoms with van der Waals surface area (Å²) in [5, 5.41) is 4.58. The van der Waals surface area contributed by atoms with Gasteiger partial charge in [-0.2, -0.15) is 0 Å². The van der Waals surface area contributed by atoms with Crippen molar-refractivity contribution < 1.29 is 19.1 Å². The highest BCUT2D eigenvalue weighted by molar-refractivity contribution is 5.96. The molecule has 0 heterocycles. The number of amides is 3. The van der Waals surface area contributed by atoms with Crippen molar-refractivity contribution in [3.05, 3.63) is 12.2 Å². The van der Waals surface area contributed by atoms with Crippen LogP contribution in [0.25, 0.3) is 0 Å². The van der Waals surface area contributed by atoms with Gasteiger partial charge < -0.3 is 10.1 Å². The summed E-state index contributed by atoms with van der Waals surface area (Å²) in [6.45, 7) is 6.51. The number of carbonyl (C=O) groups is 3. The van der Waals surface area contributed by atoms with E-state index in [0.717, 1.165) is 0 Å². The van der Waals surface area contributed by atoms with Crippen LogP contribution in [0.4, 0.5) is 4.79 Å². The summed E-state index contributed by atoms with van der Waals surface area (Å²) in [5.41, 5.74) is -0.439. The summed E-state index contributed by atoms with van der Waals surface area (Å²) < 4.78 is 4.56. The third kappa shape index (κ3) is 9.10. The molecule has 3 amide bonds. The zero-order valence-corrected chi connectivity index (χ0v) is 10.5. The van der Waals surface area contributed by atoms with Gasteiger partial charge >= 0.3 is 12.0 Å². The Morgan fingerprint density at radius 3 is 2.29 bits per heavy atom. The van der Waals surface area contributed by atoms with Crippen LogP contribution in [0.2, 0.25) is 0 Å². The Hall–Kier alpha value is -1.85. The first-order valence-corrected chi connectivity index (χ1v) is 5.16. The van der Waals surface area contributed by atoms with Gasteiger partial charge in [0.1, 0.15) is 0 Å². The van der Waals surface area contributed by atoms with E-state index < -0.39 is 30.1 Å². The Morgan fingerprint density at radius 2 is 1.82 bits per heavy atom. The minimum Gasteiger partial charge on any atom is -0.452 e. The number of allylic oxidation sites excluding steroid dienone is 1. The zero-order valence-electron chi connectivity index (χ0n) is 10.5. The number of urea groups is 1. The van der Waals surface area contributed by atoms with Crippen molar-refractivity contribution in [2.24, 2.45) is 0 Å². The number of imide groups is 1.